The molecule has 3 aromatic rings. The lowest BCUT2D eigenvalue weighted by molar-refractivity contribution is 0.0723. The number of amides is 2. The van der Waals surface area contributed by atoms with Crippen LogP contribution in [0.4, 0.5) is 0 Å². The number of hydrogen-bond donors (Lipinski definition) is 1. The van der Waals surface area contributed by atoms with Gasteiger partial charge < -0.3 is 10.2 Å². The quantitative estimate of drug-likeness (QED) is 0.586. The van der Waals surface area contributed by atoms with Gasteiger partial charge in [-0.15, -0.1) is 0 Å². The third-order valence-electron chi connectivity index (χ3n) is 4.12. The Kier molecular flexibility index (Phi) is 6.49. The molecule has 2 amide bonds. The first-order valence-electron chi connectivity index (χ1n) is 8.94. The Balaban J connectivity index is 1.63. The zero-order valence-electron chi connectivity index (χ0n) is 15.8. The largest absolute Gasteiger partial charge is 0.351 e. The molecule has 0 saturated carbocycles. The summed E-state index contributed by atoms with van der Waals surface area (Å²) in [5.74, 6) is 0.539. The van der Waals surface area contributed by atoms with Crippen LogP contribution in [0.1, 0.15) is 38.1 Å². The van der Waals surface area contributed by atoms with Gasteiger partial charge in [0.15, 0.2) is 0 Å². The fraction of sp³-hybridized carbons (Fsp3) is 0.316. The Morgan fingerprint density at radius 1 is 1.21 bits per heavy atom. The van der Waals surface area contributed by atoms with Crippen molar-refractivity contribution in [1.82, 2.24) is 29.4 Å². The summed E-state index contributed by atoms with van der Waals surface area (Å²) in [5.41, 5.74) is 1.03. The van der Waals surface area contributed by atoms with Gasteiger partial charge in [0.2, 0.25) is 5.82 Å². The lowest BCUT2D eigenvalue weighted by Gasteiger charge is -2.22. The van der Waals surface area contributed by atoms with Crippen molar-refractivity contribution in [3.63, 3.8) is 0 Å². The fourth-order valence-electron chi connectivity index (χ4n) is 2.79. The molecule has 0 aliphatic carbocycles. The number of nitrogens with zero attached hydrogens (tertiary/aromatic N) is 5. The molecule has 0 radical (unpaired) electrons. The number of benzene rings is 1. The zero-order chi connectivity index (χ0) is 19.9. The first-order valence-corrected chi connectivity index (χ1v) is 9.71. The molecule has 0 fully saturated rings. The second kappa shape index (κ2) is 9.23. The molecule has 0 saturated heterocycles. The van der Waals surface area contributed by atoms with Crippen LogP contribution in [0.15, 0.2) is 42.6 Å². The summed E-state index contributed by atoms with van der Waals surface area (Å²) in [5, 5.41) is 7.02. The highest BCUT2D eigenvalue weighted by molar-refractivity contribution is 7.08. The van der Waals surface area contributed by atoms with Crippen LogP contribution in [0.5, 0.6) is 0 Å². The molecule has 1 N–H and O–H groups in total. The summed E-state index contributed by atoms with van der Waals surface area (Å²) in [6.07, 6.45) is 2.22. The Bertz CT molecular complexity index is 923. The lowest BCUT2D eigenvalue weighted by Crippen LogP contribution is -2.35. The molecule has 28 heavy (non-hydrogen) atoms. The normalized spacial score (nSPS) is 10.6. The molecule has 0 bridgehead atoms. The van der Waals surface area contributed by atoms with Gasteiger partial charge in [0.05, 0.1) is 0 Å². The second-order valence-electron chi connectivity index (χ2n) is 6.30. The van der Waals surface area contributed by atoms with Gasteiger partial charge in [0.1, 0.15) is 10.7 Å². The summed E-state index contributed by atoms with van der Waals surface area (Å²) in [6, 6.07) is 11.5. The average molecular weight is 398 g/mol. The Morgan fingerprint density at radius 2 is 2.00 bits per heavy atom. The molecule has 0 spiro atoms. The lowest BCUT2D eigenvalue weighted by atomic mass is 10.2. The number of aryl methyl sites for hydroxylation is 2. The summed E-state index contributed by atoms with van der Waals surface area (Å²) >= 11 is 1.16. The van der Waals surface area contributed by atoms with Crippen LogP contribution in [0.3, 0.4) is 0 Å². The number of carbonyl (C=O) groups excluding carboxylic acids is 2. The molecule has 0 unspecified atom stereocenters. The minimum absolute atomic E-state index is 0.146. The number of rotatable bonds is 8. The minimum atomic E-state index is -0.180. The molecule has 0 aliphatic rings. The summed E-state index contributed by atoms with van der Waals surface area (Å²) in [6.45, 7) is 3.18. The van der Waals surface area contributed by atoms with Crippen LogP contribution in [-0.2, 0) is 13.6 Å². The van der Waals surface area contributed by atoms with E-state index in [2.05, 4.69) is 19.8 Å². The Hall–Kier alpha value is -3.07. The van der Waals surface area contributed by atoms with Crippen molar-refractivity contribution in [3.05, 3.63) is 64.7 Å². The van der Waals surface area contributed by atoms with Gasteiger partial charge in [-0.1, -0.05) is 30.3 Å². The first-order chi connectivity index (χ1) is 13.5. The molecule has 8 nitrogen and oxygen atoms in total. The van der Waals surface area contributed by atoms with Crippen molar-refractivity contribution in [2.24, 2.45) is 7.05 Å². The molecule has 9 heteroatoms. The maximum atomic E-state index is 13.0. The number of nitrogens with one attached hydrogen (secondary N) is 1. The van der Waals surface area contributed by atoms with E-state index in [1.807, 2.05) is 30.3 Å². The predicted octanol–water partition coefficient (Wildman–Crippen LogP) is 2.04. The van der Waals surface area contributed by atoms with E-state index in [0.29, 0.717) is 42.6 Å². The van der Waals surface area contributed by atoms with Gasteiger partial charge in [-0.3, -0.25) is 9.59 Å². The van der Waals surface area contributed by atoms with Gasteiger partial charge >= 0.3 is 0 Å². The van der Waals surface area contributed by atoms with E-state index in [9.17, 15) is 9.59 Å². The molecule has 146 valence electrons. The highest BCUT2D eigenvalue weighted by Crippen LogP contribution is 2.10. The van der Waals surface area contributed by atoms with Crippen molar-refractivity contribution in [3.8, 4) is 0 Å². The van der Waals surface area contributed by atoms with E-state index in [4.69, 9.17) is 0 Å². The summed E-state index contributed by atoms with van der Waals surface area (Å²) in [7, 11) is 1.71. The molecule has 2 aromatic heterocycles. The SMILES string of the molecule is Cc1nc(C(=O)N(CCCNC(=O)c2ccns2)Cc2ccccc2)n(C)n1. The topological polar surface area (TPSA) is 93.0 Å². The van der Waals surface area contributed by atoms with Gasteiger partial charge in [-0.05, 0) is 36.5 Å². The average Bonchev–Trinajstić information content (AvgIpc) is 3.34. The third kappa shape index (κ3) is 5.01. The summed E-state index contributed by atoms with van der Waals surface area (Å²) < 4.78 is 5.43. The van der Waals surface area contributed by atoms with Crippen molar-refractivity contribution in [2.75, 3.05) is 13.1 Å². The summed E-state index contributed by atoms with van der Waals surface area (Å²) in [4.78, 5) is 31.6. The first kappa shape index (κ1) is 19.7. The molecule has 2 heterocycles. The minimum Gasteiger partial charge on any atom is -0.351 e. The van der Waals surface area contributed by atoms with E-state index >= 15 is 0 Å². The predicted molar refractivity (Wildman–Crippen MR) is 106 cm³/mol. The Morgan fingerprint density at radius 3 is 2.64 bits per heavy atom. The van der Waals surface area contributed by atoms with Crippen molar-refractivity contribution >= 4 is 23.3 Å². The van der Waals surface area contributed by atoms with Crippen LogP contribution >= 0.6 is 11.5 Å². The van der Waals surface area contributed by atoms with E-state index in [0.717, 1.165) is 17.1 Å². The molecule has 1 aromatic carbocycles. The molecular weight excluding hydrogens is 376 g/mol. The van der Waals surface area contributed by atoms with Crippen molar-refractivity contribution in [1.29, 1.82) is 0 Å². The van der Waals surface area contributed by atoms with Crippen LogP contribution in [0, 0.1) is 6.92 Å². The maximum absolute atomic E-state index is 13.0. The second-order valence-corrected chi connectivity index (χ2v) is 7.14. The third-order valence-corrected chi connectivity index (χ3v) is 4.86. The van der Waals surface area contributed by atoms with Gasteiger partial charge in [-0.25, -0.2) is 14.0 Å². The molecule has 3 rings (SSSR count). The highest BCUT2D eigenvalue weighted by Gasteiger charge is 2.21. The van der Waals surface area contributed by atoms with Crippen molar-refractivity contribution < 1.29 is 9.59 Å². The number of carbonyl (C=O) groups is 2. The molecule has 0 aliphatic heterocycles. The van der Waals surface area contributed by atoms with E-state index < -0.39 is 0 Å². The van der Waals surface area contributed by atoms with Gasteiger partial charge in [-0.2, -0.15) is 5.10 Å². The monoisotopic (exact) mass is 398 g/mol. The van der Waals surface area contributed by atoms with E-state index in [-0.39, 0.29) is 11.8 Å². The fourth-order valence-corrected chi connectivity index (χ4v) is 3.30. The molecular formula is C19H22N6O2S. The maximum Gasteiger partial charge on any atom is 0.291 e. The van der Waals surface area contributed by atoms with Crippen LogP contribution < -0.4 is 5.32 Å². The van der Waals surface area contributed by atoms with Gasteiger partial charge in [0.25, 0.3) is 11.8 Å². The number of aromatic nitrogens is 4. The smallest absolute Gasteiger partial charge is 0.291 e. The van der Waals surface area contributed by atoms with Crippen LogP contribution in [0.25, 0.3) is 0 Å². The van der Waals surface area contributed by atoms with E-state index in [1.54, 1.807) is 31.1 Å². The number of hydrogen-bond acceptors (Lipinski definition) is 6. The van der Waals surface area contributed by atoms with Gasteiger partial charge in [0, 0.05) is 32.9 Å². The van der Waals surface area contributed by atoms with E-state index in [1.165, 1.54) is 4.68 Å². The van der Waals surface area contributed by atoms with Crippen LogP contribution in [0.2, 0.25) is 0 Å². The zero-order valence-corrected chi connectivity index (χ0v) is 16.6. The molecule has 0 atom stereocenters. The standard InChI is InChI=1S/C19H22N6O2S/c1-14-22-17(24(2)23-14)19(27)25(13-15-7-4-3-5-8-15)12-6-10-20-18(26)16-9-11-21-28-16/h3-5,7-9,11H,6,10,12-13H2,1-2H3,(H,20,26). The van der Waals surface area contributed by atoms with Crippen molar-refractivity contribution in [2.45, 2.75) is 19.9 Å². The Labute approximate surface area is 167 Å². The van der Waals surface area contributed by atoms with Crippen LogP contribution in [-0.4, -0.2) is 48.9 Å². The highest BCUT2D eigenvalue weighted by atomic mass is 32.1.